The van der Waals surface area contributed by atoms with Gasteiger partial charge in [-0.15, -0.1) is 0 Å². The van der Waals surface area contributed by atoms with Crippen molar-refractivity contribution in [2.75, 3.05) is 6.54 Å². The Labute approximate surface area is 133 Å². The van der Waals surface area contributed by atoms with E-state index in [9.17, 15) is 14.9 Å². The molecule has 0 atom stereocenters. The summed E-state index contributed by atoms with van der Waals surface area (Å²) in [5.74, 6) is 0.723. The summed E-state index contributed by atoms with van der Waals surface area (Å²) < 4.78 is 1.57. The molecule has 7 heteroatoms. The fourth-order valence-corrected chi connectivity index (χ4v) is 2.90. The predicted molar refractivity (Wildman–Crippen MR) is 85.1 cm³/mol. The Morgan fingerprint density at radius 3 is 2.91 bits per heavy atom. The van der Waals surface area contributed by atoms with Crippen LogP contribution >= 0.6 is 0 Å². The fourth-order valence-electron chi connectivity index (χ4n) is 2.90. The second kappa shape index (κ2) is 5.92. The summed E-state index contributed by atoms with van der Waals surface area (Å²) >= 11 is 0. The van der Waals surface area contributed by atoms with Crippen molar-refractivity contribution in [1.82, 2.24) is 14.5 Å². The minimum atomic E-state index is -0.391. The molecular formula is C16H18N4O3. The highest BCUT2D eigenvalue weighted by molar-refractivity contribution is 5.34. The van der Waals surface area contributed by atoms with E-state index in [4.69, 9.17) is 0 Å². The van der Waals surface area contributed by atoms with Crippen molar-refractivity contribution in [2.45, 2.75) is 26.4 Å². The summed E-state index contributed by atoms with van der Waals surface area (Å²) in [4.78, 5) is 29.5. The maximum atomic E-state index is 12.4. The van der Waals surface area contributed by atoms with Crippen molar-refractivity contribution in [3.05, 3.63) is 67.4 Å². The van der Waals surface area contributed by atoms with Gasteiger partial charge in [0.2, 0.25) is 0 Å². The van der Waals surface area contributed by atoms with Gasteiger partial charge in [-0.05, 0) is 12.5 Å². The summed E-state index contributed by atoms with van der Waals surface area (Å²) in [6.45, 7) is 3.72. The number of hydrogen-bond acceptors (Lipinski definition) is 5. The average Bonchev–Trinajstić information content (AvgIpc) is 2.54. The van der Waals surface area contributed by atoms with E-state index in [1.54, 1.807) is 23.7 Å². The minimum Gasteiger partial charge on any atom is -0.300 e. The first kappa shape index (κ1) is 15.4. The molecule has 0 aliphatic carbocycles. The van der Waals surface area contributed by atoms with Crippen LogP contribution in [0.4, 0.5) is 5.69 Å². The number of fused-ring (bicyclic) bond motifs is 1. The van der Waals surface area contributed by atoms with Gasteiger partial charge in [-0.2, -0.15) is 0 Å². The summed E-state index contributed by atoms with van der Waals surface area (Å²) in [6.07, 6.45) is 0.723. The number of aryl methyl sites for hydroxylation is 1. The highest BCUT2D eigenvalue weighted by Gasteiger charge is 2.22. The first-order valence-electron chi connectivity index (χ1n) is 7.47. The first-order chi connectivity index (χ1) is 11.0. The number of hydrogen-bond donors (Lipinski definition) is 0. The van der Waals surface area contributed by atoms with E-state index in [-0.39, 0.29) is 11.2 Å². The highest BCUT2D eigenvalue weighted by Crippen LogP contribution is 2.19. The van der Waals surface area contributed by atoms with Gasteiger partial charge in [-0.3, -0.25) is 24.4 Å². The average molecular weight is 314 g/mol. The van der Waals surface area contributed by atoms with Gasteiger partial charge in [0.15, 0.2) is 0 Å². The predicted octanol–water partition coefficient (Wildman–Crippen LogP) is 1.56. The summed E-state index contributed by atoms with van der Waals surface area (Å²) in [6, 6.07) is 6.63. The number of nitrogens with zero attached hydrogens (tertiary/aromatic N) is 4. The molecule has 1 aromatic heterocycles. The van der Waals surface area contributed by atoms with Gasteiger partial charge in [0.1, 0.15) is 5.82 Å². The van der Waals surface area contributed by atoms with Crippen molar-refractivity contribution in [3.63, 3.8) is 0 Å². The van der Waals surface area contributed by atoms with E-state index in [1.165, 1.54) is 6.07 Å². The molecule has 0 saturated heterocycles. The molecule has 7 nitrogen and oxygen atoms in total. The molecule has 23 heavy (non-hydrogen) atoms. The Morgan fingerprint density at radius 1 is 1.39 bits per heavy atom. The number of aromatic nitrogens is 2. The van der Waals surface area contributed by atoms with E-state index in [1.807, 2.05) is 13.0 Å². The van der Waals surface area contributed by atoms with E-state index in [0.717, 1.165) is 35.6 Å². The molecule has 0 radical (unpaired) electrons. The van der Waals surface area contributed by atoms with Crippen LogP contribution in [0.25, 0.3) is 0 Å². The van der Waals surface area contributed by atoms with Gasteiger partial charge in [0.05, 0.1) is 16.2 Å². The van der Waals surface area contributed by atoms with Gasteiger partial charge >= 0.3 is 0 Å². The smallest absolute Gasteiger partial charge is 0.269 e. The van der Waals surface area contributed by atoms with E-state index < -0.39 is 4.92 Å². The molecule has 3 rings (SSSR count). The monoisotopic (exact) mass is 314 g/mol. The molecular weight excluding hydrogens is 296 g/mol. The van der Waals surface area contributed by atoms with Gasteiger partial charge in [-0.25, -0.2) is 4.98 Å². The van der Waals surface area contributed by atoms with Crippen LogP contribution < -0.4 is 5.56 Å². The van der Waals surface area contributed by atoms with Crippen LogP contribution in [-0.2, 0) is 26.6 Å². The third-order valence-electron chi connectivity index (χ3n) is 4.27. The molecule has 1 aliphatic rings. The molecule has 0 unspecified atom stereocenters. The molecule has 1 aliphatic heterocycles. The van der Waals surface area contributed by atoms with Gasteiger partial charge in [0, 0.05) is 45.2 Å². The Balaban J connectivity index is 1.83. The third-order valence-corrected chi connectivity index (χ3v) is 4.27. The Bertz CT molecular complexity index is 829. The zero-order valence-corrected chi connectivity index (χ0v) is 13.2. The molecule has 2 heterocycles. The van der Waals surface area contributed by atoms with Gasteiger partial charge < -0.3 is 0 Å². The van der Waals surface area contributed by atoms with Crippen LogP contribution in [0.2, 0.25) is 0 Å². The van der Waals surface area contributed by atoms with Crippen molar-refractivity contribution < 1.29 is 4.92 Å². The largest absolute Gasteiger partial charge is 0.300 e. The number of nitro groups is 1. The Hall–Kier alpha value is -2.54. The van der Waals surface area contributed by atoms with Crippen LogP contribution in [0.1, 0.15) is 22.6 Å². The lowest BCUT2D eigenvalue weighted by molar-refractivity contribution is -0.384. The van der Waals surface area contributed by atoms with E-state index in [0.29, 0.717) is 13.1 Å². The van der Waals surface area contributed by atoms with Crippen LogP contribution in [-0.4, -0.2) is 25.9 Å². The zero-order valence-electron chi connectivity index (χ0n) is 13.2. The normalized spacial score (nSPS) is 14.5. The molecule has 120 valence electrons. The Kier molecular flexibility index (Phi) is 3.96. The second-order valence-electron chi connectivity index (χ2n) is 5.84. The lowest BCUT2D eigenvalue weighted by atomic mass is 10.1. The molecule has 0 saturated carbocycles. The standard InChI is InChI=1S/C16H18N4O3/c1-11-17-15-6-7-19(10-14(15)16(21)18(11)2)9-12-4-3-5-13(8-12)20(22)23/h3-5,8H,6-7,9-10H2,1-2H3. The fraction of sp³-hybridized carbons (Fsp3) is 0.375. The zero-order chi connectivity index (χ0) is 16.6. The summed E-state index contributed by atoms with van der Waals surface area (Å²) in [5.41, 5.74) is 2.57. The van der Waals surface area contributed by atoms with Crippen molar-refractivity contribution in [3.8, 4) is 0 Å². The number of benzene rings is 1. The Morgan fingerprint density at radius 2 is 2.17 bits per heavy atom. The van der Waals surface area contributed by atoms with Crippen molar-refractivity contribution in [1.29, 1.82) is 0 Å². The van der Waals surface area contributed by atoms with Crippen molar-refractivity contribution in [2.24, 2.45) is 7.05 Å². The first-order valence-corrected chi connectivity index (χ1v) is 7.47. The molecule has 0 N–H and O–H groups in total. The van der Waals surface area contributed by atoms with Crippen LogP contribution in [0.3, 0.4) is 0 Å². The lowest BCUT2D eigenvalue weighted by Gasteiger charge is -2.28. The minimum absolute atomic E-state index is 0.00348. The highest BCUT2D eigenvalue weighted by atomic mass is 16.6. The van der Waals surface area contributed by atoms with Crippen LogP contribution in [0.15, 0.2) is 29.1 Å². The lowest BCUT2D eigenvalue weighted by Crippen LogP contribution is -2.37. The van der Waals surface area contributed by atoms with Crippen LogP contribution in [0.5, 0.6) is 0 Å². The van der Waals surface area contributed by atoms with Crippen molar-refractivity contribution >= 4 is 5.69 Å². The van der Waals surface area contributed by atoms with E-state index in [2.05, 4.69) is 9.88 Å². The molecule has 0 bridgehead atoms. The maximum absolute atomic E-state index is 12.4. The number of rotatable bonds is 3. The van der Waals surface area contributed by atoms with Gasteiger partial charge in [0.25, 0.3) is 11.2 Å². The van der Waals surface area contributed by atoms with Gasteiger partial charge in [-0.1, -0.05) is 12.1 Å². The molecule has 2 aromatic rings. The topological polar surface area (TPSA) is 81.3 Å². The van der Waals surface area contributed by atoms with E-state index >= 15 is 0 Å². The molecule has 1 aromatic carbocycles. The number of non-ortho nitro benzene ring substituents is 1. The molecule has 0 amide bonds. The molecule has 0 spiro atoms. The molecule has 0 fully saturated rings. The summed E-state index contributed by atoms with van der Waals surface area (Å²) in [5, 5.41) is 10.9. The maximum Gasteiger partial charge on any atom is 0.269 e. The number of nitro benzene ring substituents is 1. The van der Waals surface area contributed by atoms with Crippen LogP contribution in [0, 0.1) is 17.0 Å². The third kappa shape index (κ3) is 3.00. The second-order valence-corrected chi connectivity index (χ2v) is 5.84. The summed E-state index contributed by atoms with van der Waals surface area (Å²) in [7, 11) is 1.73. The quantitative estimate of drug-likeness (QED) is 0.634. The SMILES string of the molecule is Cc1nc2c(c(=O)n1C)CN(Cc1cccc([N+](=O)[O-])c1)CC2.